The van der Waals surface area contributed by atoms with Gasteiger partial charge in [-0.1, -0.05) is 0 Å². The zero-order chi connectivity index (χ0) is 16.8. The number of aliphatic carboxylic acids is 1. The Kier molecular flexibility index (Phi) is 5.86. The van der Waals surface area contributed by atoms with E-state index in [1.54, 1.807) is 0 Å². The Morgan fingerprint density at radius 3 is 2.61 bits per heavy atom. The van der Waals surface area contributed by atoms with Crippen LogP contribution in [0.2, 0.25) is 0 Å². The number of carbonyl (C=O) groups excluding carboxylic acids is 1. The van der Waals surface area contributed by atoms with Crippen LogP contribution in [0.3, 0.4) is 0 Å². The molecule has 23 heavy (non-hydrogen) atoms. The fourth-order valence-electron chi connectivity index (χ4n) is 2.37. The predicted molar refractivity (Wildman–Crippen MR) is 77.1 cm³/mol. The maximum Gasteiger partial charge on any atom is 0.322 e. The number of ether oxygens (including phenoxy) is 1. The molecule has 1 amide bonds. The van der Waals surface area contributed by atoms with Crippen molar-refractivity contribution in [1.82, 2.24) is 10.2 Å². The molecule has 1 aromatic rings. The molecule has 1 heterocycles. The fraction of sp³-hybridized carbons (Fsp3) is 0.467. The summed E-state index contributed by atoms with van der Waals surface area (Å²) in [6, 6.07) is 3.17. The zero-order valence-corrected chi connectivity index (χ0v) is 12.4. The van der Waals surface area contributed by atoms with E-state index in [9.17, 15) is 18.4 Å². The number of nitrogens with one attached hydrogen (secondary N) is 1. The van der Waals surface area contributed by atoms with Crippen LogP contribution in [0.15, 0.2) is 18.2 Å². The van der Waals surface area contributed by atoms with Crippen LogP contribution in [0, 0.1) is 11.6 Å². The van der Waals surface area contributed by atoms with Crippen LogP contribution in [0.5, 0.6) is 5.75 Å². The lowest BCUT2D eigenvalue weighted by Crippen LogP contribution is -2.44. The maximum atomic E-state index is 13.5. The van der Waals surface area contributed by atoms with Crippen molar-refractivity contribution in [2.45, 2.75) is 18.9 Å². The van der Waals surface area contributed by atoms with Crippen LogP contribution in [0.1, 0.15) is 12.8 Å². The molecular weight excluding hydrogens is 310 g/mol. The van der Waals surface area contributed by atoms with Gasteiger partial charge >= 0.3 is 5.97 Å². The van der Waals surface area contributed by atoms with Gasteiger partial charge < -0.3 is 15.2 Å². The molecule has 0 aliphatic carbocycles. The van der Waals surface area contributed by atoms with Crippen molar-refractivity contribution in [3.05, 3.63) is 29.8 Å². The van der Waals surface area contributed by atoms with Crippen molar-refractivity contribution in [2.75, 3.05) is 26.2 Å². The summed E-state index contributed by atoms with van der Waals surface area (Å²) in [4.78, 5) is 23.8. The number of carbonyl (C=O) groups is 2. The molecule has 0 unspecified atom stereocenters. The quantitative estimate of drug-likeness (QED) is 0.815. The average Bonchev–Trinajstić information content (AvgIpc) is 2.50. The molecule has 1 aliphatic heterocycles. The van der Waals surface area contributed by atoms with Gasteiger partial charge in [0.1, 0.15) is 18.5 Å². The van der Waals surface area contributed by atoms with Crippen LogP contribution >= 0.6 is 0 Å². The van der Waals surface area contributed by atoms with E-state index in [0.717, 1.165) is 12.1 Å². The number of piperidine rings is 1. The Morgan fingerprint density at radius 2 is 2.00 bits per heavy atom. The number of carboxylic acids is 1. The first kappa shape index (κ1) is 17.1. The summed E-state index contributed by atoms with van der Waals surface area (Å²) in [5.41, 5.74) is 0. The number of hydrogen-bond donors (Lipinski definition) is 2. The van der Waals surface area contributed by atoms with Crippen molar-refractivity contribution in [1.29, 1.82) is 0 Å². The minimum Gasteiger partial charge on any atom is -0.487 e. The van der Waals surface area contributed by atoms with E-state index in [2.05, 4.69) is 5.32 Å². The smallest absolute Gasteiger partial charge is 0.322 e. The minimum absolute atomic E-state index is 0.0176. The number of halogens is 2. The van der Waals surface area contributed by atoms with Gasteiger partial charge in [-0.05, 0) is 25.0 Å². The van der Waals surface area contributed by atoms with Crippen LogP contribution in [-0.4, -0.2) is 54.2 Å². The molecule has 126 valence electrons. The highest BCUT2D eigenvalue weighted by Crippen LogP contribution is 2.22. The second-order valence-electron chi connectivity index (χ2n) is 5.34. The van der Waals surface area contributed by atoms with Gasteiger partial charge in [-0.25, -0.2) is 8.78 Å². The normalized spacial score (nSPS) is 16.1. The number of amides is 1. The first-order valence-electron chi connectivity index (χ1n) is 7.26. The molecular formula is C15H18F2N2O4. The first-order chi connectivity index (χ1) is 10.9. The van der Waals surface area contributed by atoms with E-state index in [0.29, 0.717) is 25.9 Å². The third-order valence-electron chi connectivity index (χ3n) is 3.53. The maximum absolute atomic E-state index is 13.5. The third kappa shape index (κ3) is 5.48. The molecule has 0 spiro atoms. The molecule has 8 heteroatoms. The number of likely N-dealkylation sites (tertiary alicyclic amines) is 1. The van der Waals surface area contributed by atoms with Crippen molar-refractivity contribution in [3.8, 4) is 5.75 Å². The highest BCUT2D eigenvalue weighted by molar-refractivity contribution is 5.82. The van der Waals surface area contributed by atoms with E-state index in [4.69, 9.17) is 9.84 Å². The van der Waals surface area contributed by atoms with E-state index in [1.165, 1.54) is 6.07 Å². The second-order valence-corrected chi connectivity index (χ2v) is 5.34. The highest BCUT2D eigenvalue weighted by Gasteiger charge is 2.23. The summed E-state index contributed by atoms with van der Waals surface area (Å²) in [5.74, 6) is -2.82. The molecule has 1 aromatic carbocycles. The highest BCUT2D eigenvalue weighted by atomic mass is 19.1. The summed E-state index contributed by atoms with van der Waals surface area (Å²) in [5, 5.41) is 10.8. The Balaban J connectivity index is 1.75. The Morgan fingerprint density at radius 1 is 1.30 bits per heavy atom. The van der Waals surface area contributed by atoms with Crippen LogP contribution in [-0.2, 0) is 9.59 Å². The molecule has 1 aliphatic rings. The SMILES string of the molecule is O=C(O)CNC(=O)CN1CCC(Oc2ccc(F)cc2F)CC1. The lowest BCUT2D eigenvalue weighted by atomic mass is 10.1. The Labute approximate surface area is 132 Å². The van der Waals surface area contributed by atoms with Gasteiger partial charge in [0, 0.05) is 19.2 Å². The predicted octanol–water partition coefficient (Wildman–Crippen LogP) is 1.01. The summed E-state index contributed by atoms with van der Waals surface area (Å²) < 4.78 is 31.9. The molecule has 6 nitrogen and oxygen atoms in total. The molecule has 1 saturated heterocycles. The van der Waals surface area contributed by atoms with Gasteiger partial charge in [0.15, 0.2) is 11.6 Å². The number of rotatable bonds is 6. The molecule has 0 bridgehead atoms. The molecule has 0 radical (unpaired) electrons. The number of nitrogens with zero attached hydrogens (tertiary/aromatic N) is 1. The topological polar surface area (TPSA) is 78.9 Å². The summed E-state index contributed by atoms with van der Waals surface area (Å²) in [6.07, 6.45) is 1.000. The molecule has 0 saturated carbocycles. The standard InChI is InChI=1S/C15H18F2N2O4/c16-10-1-2-13(12(17)7-10)23-11-3-5-19(6-4-11)9-14(20)18-8-15(21)22/h1-2,7,11H,3-6,8-9H2,(H,18,20)(H,21,22). The Bertz CT molecular complexity index is 575. The largest absolute Gasteiger partial charge is 0.487 e. The number of hydrogen-bond acceptors (Lipinski definition) is 4. The monoisotopic (exact) mass is 328 g/mol. The van der Waals surface area contributed by atoms with E-state index >= 15 is 0 Å². The molecule has 0 aromatic heterocycles. The van der Waals surface area contributed by atoms with Gasteiger partial charge in [-0.15, -0.1) is 0 Å². The zero-order valence-electron chi connectivity index (χ0n) is 12.4. The first-order valence-corrected chi connectivity index (χ1v) is 7.26. The van der Waals surface area contributed by atoms with Crippen LogP contribution < -0.4 is 10.1 Å². The number of benzene rings is 1. The number of carboxylic acid groups (broad SMARTS) is 1. The van der Waals surface area contributed by atoms with Crippen molar-refractivity contribution in [2.24, 2.45) is 0 Å². The van der Waals surface area contributed by atoms with Crippen molar-refractivity contribution >= 4 is 11.9 Å². The van der Waals surface area contributed by atoms with Gasteiger partial charge in [-0.3, -0.25) is 14.5 Å². The minimum atomic E-state index is -1.09. The van der Waals surface area contributed by atoms with Crippen LogP contribution in [0.25, 0.3) is 0 Å². The molecule has 0 atom stereocenters. The van der Waals surface area contributed by atoms with E-state index in [1.807, 2.05) is 4.90 Å². The molecule has 1 fully saturated rings. The van der Waals surface area contributed by atoms with Crippen molar-refractivity contribution < 1.29 is 28.2 Å². The van der Waals surface area contributed by atoms with Gasteiger partial charge in [0.25, 0.3) is 0 Å². The molecule has 2 N–H and O–H groups in total. The fourth-order valence-corrected chi connectivity index (χ4v) is 2.37. The Hall–Kier alpha value is -2.22. The van der Waals surface area contributed by atoms with Crippen LogP contribution in [0.4, 0.5) is 8.78 Å². The molecule has 2 rings (SSSR count). The van der Waals surface area contributed by atoms with Gasteiger partial charge in [0.05, 0.1) is 6.54 Å². The lowest BCUT2D eigenvalue weighted by molar-refractivity contribution is -0.138. The van der Waals surface area contributed by atoms with Gasteiger partial charge in [0.2, 0.25) is 5.91 Å². The van der Waals surface area contributed by atoms with E-state index in [-0.39, 0.29) is 24.3 Å². The lowest BCUT2D eigenvalue weighted by Gasteiger charge is -2.31. The van der Waals surface area contributed by atoms with Gasteiger partial charge in [-0.2, -0.15) is 0 Å². The average molecular weight is 328 g/mol. The third-order valence-corrected chi connectivity index (χ3v) is 3.53. The summed E-state index contributed by atoms with van der Waals surface area (Å²) in [6.45, 7) is 0.870. The van der Waals surface area contributed by atoms with E-state index < -0.39 is 24.1 Å². The second kappa shape index (κ2) is 7.87. The van der Waals surface area contributed by atoms with Crippen molar-refractivity contribution in [3.63, 3.8) is 0 Å². The summed E-state index contributed by atoms with van der Waals surface area (Å²) in [7, 11) is 0. The summed E-state index contributed by atoms with van der Waals surface area (Å²) >= 11 is 0.